The molecule has 0 bridgehead atoms. The van der Waals surface area contributed by atoms with Crippen molar-refractivity contribution in [2.75, 3.05) is 12.0 Å². The summed E-state index contributed by atoms with van der Waals surface area (Å²) < 4.78 is 5.45. The predicted octanol–water partition coefficient (Wildman–Crippen LogP) is 3.72. The molecule has 0 radical (unpaired) electrons. The molecule has 2 N–H and O–H groups in total. The highest BCUT2D eigenvalue weighted by Crippen LogP contribution is 2.15. The quantitative estimate of drug-likeness (QED) is 0.822. The van der Waals surface area contributed by atoms with Crippen molar-refractivity contribution >= 4 is 11.7 Å². The van der Waals surface area contributed by atoms with E-state index in [9.17, 15) is 4.79 Å². The van der Waals surface area contributed by atoms with Crippen LogP contribution in [0.4, 0.5) is 10.5 Å². The number of rotatable bonds is 5. The van der Waals surface area contributed by atoms with E-state index in [4.69, 9.17) is 4.74 Å². The van der Waals surface area contributed by atoms with Crippen molar-refractivity contribution in [2.45, 2.75) is 20.3 Å². The van der Waals surface area contributed by atoms with E-state index in [-0.39, 0.29) is 12.8 Å². The van der Waals surface area contributed by atoms with Gasteiger partial charge in [0, 0.05) is 5.69 Å². The average Bonchev–Trinajstić information content (AvgIpc) is 2.50. The summed E-state index contributed by atoms with van der Waals surface area (Å²) in [7, 11) is 0. The number of amides is 2. The summed E-state index contributed by atoms with van der Waals surface area (Å²) in [6.45, 7) is 4.20. The lowest BCUT2D eigenvalue weighted by molar-refractivity contribution is 0.234. The maximum absolute atomic E-state index is 11.8. The van der Waals surface area contributed by atoms with Crippen LogP contribution < -0.4 is 15.4 Å². The number of anilines is 1. The van der Waals surface area contributed by atoms with Gasteiger partial charge in [-0.15, -0.1) is 0 Å². The molecule has 0 fully saturated rings. The van der Waals surface area contributed by atoms with Crippen LogP contribution in [0.2, 0.25) is 0 Å². The molecule has 0 unspecified atom stereocenters. The third-order valence-corrected chi connectivity index (χ3v) is 3.14. The molecule has 0 atom stereocenters. The van der Waals surface area contributed by atoms with E-state index in [1.807, 2.05) is 55.5 Å². The van der Waals surface area contributed by atoms with Crippen LogP contribution >= 0.6 is 0 Å². The highest BCUT2D eigenvalue weighted by Gasteiger charge is 2.04. The lowest BCUT2D eigenvalue weighted by atomic mass is 10.1. The van der Waals surface area contributed by atoms with E-state index in [1.165, 1.54) is 5.56 Å². The van der Waals surface area contributed by atoms with E-state index >= 15 is 0 Å². The van der Waals surface area contributed by atoms with Gasteiger partial charge in [0.2, 0.25) is 0 Å². The van der Waals surface area contributed by atoms with Gasteiger partial charge in [-0.05, 0) is 37.1 Å². The zero-order valence-electron chi connectivity index (χ0n) is 12.3. The number of hydrogen-bond acceptors (Lipinski definition) is 2. The summed E-state index contributed by atoms with van der Waals surface area (Å²) in [5, 5.41) is 5.50. The second-order valence-electron chi connectivity index (χ2n) is 4.74. The second-order valence-corrected chi connectivity index (χ2v) is 4.74. The van der Waals surface area contributed by atoms with E-state index in [1.54, 1.807) is 0 Å². The summed E-state index contributed by atoms with van der Waals surface area (Å²) in [4.78, 5) is 11.8. The maximum Gasteiger partial charge on any atom is 0.321 e. The lowest BCUT2D eigenvalue weighted by Crippen LogP contribution is -2.32. The molecule has 21 heavy (non-hydrogen) atoms. The Kier molecular flexibility index (Phi) is 5.21. The van der Waals surface area contributed by atoms with Crippen LogP contribution in [0.1, 0.15) is 18.1 Å². The third kappa shape index (κ3) is 4.53. The molecular formula is C17H20N2O2. The molecule has 0 aliphatic rings. The Morgan fingerprint density at radius 2 is 1.81 bits per heavy atom. The molecule has 0 saturated heterocycles. The monoisotopic (exact) mass is 284 g/mol. The first kappa shape index (κ1) is 14.9. The molecule has 0 aliphatic heterocycles. The summed E-state index contributed by atoms with van der Waals surface area (Å²) >= 11 is 0. The zero-order valence-corrected chi connectivity index (χ0v) is 12.3. The van der Waals surface area contributed by atoms with Crippen LogP contribution in [0.15, 0.2) is 48.5 Å². The van der Waals surface area contributed by atoms with Gasteiger partial charge in [-0.1, -0.05) is 42.8 Å². The molecule has 2 rings (SSSR count). The van der Waals surface area contributed by atoms with E-state index < -0.39 is 0 Å². The summed E-state index contributed by atoms with van der Waals surface area (Å²) in [5.74, 6) is 0.731. The highest BCUT2D eigenvalue weighted by molar-refractivity contribution is 5.89. The minimum Gasteiger partial charge on any atom is -0.473 e. The van der Waals surface area contributed by atoms with Crippen molar-refractivity contribution in [2.24, 2.45) is 0 Å². The normalized spacial score (nSPS) is 10.0. The number of aryl methyl sites for hydroxylation is 2. The number of carbonyl (C=O) groups is 1. The van der Waals surface area contributed by atoms with Crippen molar-refractivity contribution in [1.82, 2.24) is 5.32 Å². The third-order valence-electron chi connectivity index (χ3n) is 3.14. The maximum atomic E-state index is 11.8. The summed E-state index contributed by atoms with van der Waals surface area (Å²) in [6, 6.07) is 15.2. The fourth-order valence-corrected chi connectivity index (χ4v) is 1.94. The number of para-hydroxylation sites is 1. The Bertz CT molecular complexity index is 594. The minimum atomic E-state index is -0.275. The van der Waals surface area contributed by atoms with Gasteiger partial charge < -0.3 is 15.4 Å². The lowest BCUT2D eigenvalue weighted by Gasteiger charge is -2.11. The SMILES string of the molecule is CCc1ccccc1NC(=O)NCOc1ccc(C)cc1. The zero-order chi connectivity index (χ0) is 15.1. The van der Waals surface area contributed by atoms with Gasteiger partial charge >= 0.3 is 6.03 Å². The number of ether oxygens (including phenoxy) is 1. The molecule has 0 aliphatic carbocycles. The van der Waals surface area contributed by atoms with Crippen molar-refractivity contribution < 1.29 is 9.53 Å². The topological polar surface area (TPSA) is 50.4 Å². The highest BCUT2D eigenvalue weighted by atomic mass is 16.5. The van der Waals surface area contributed by atoms with Gasteiger partial charge in [0.15, 0.2) is 6.73 Å². The molecule has 0 heterocycles. The molecule has 2 aromatic rings. The number of hydrogen-bond donors (Lipinski definition) is 2. The molecule has 0 aromatic heterocycles. The van der Waals surface area contributed by atoms with Crippen LogP contribution in [0.5, 0.6) is 5.75 Å². The van der Waals surface area contributed by atoms with Gasteiger partial charge in [0.05, 0.1) is 0 Å². The largest absolute Gasteiger partial charge is 0.473 e. The van der Waals surface area contributed by atoms with Crippen molar-refractivity contribution in [3.63, 3.8) is 0 Å². The summed E-state index contributed by atoms with van der Waals surface area (Å²) in [6.07, 6.45) is 0.871. The fourth-order valence-electron chi connectivity index (χ4n) is 1.94. The average molecular weight is 284 g/mol. The number of carbonyl (C=O) groups excluding carboxylic acids is 1. The number of urea groups is 1. The molecule has 4 nitrogen and oxygen atoms in total. The van der Waals surface area contributed by atoms with Crippen LogP contribution in [-0.2, 0) is 6.42 Å². The first-order valence-electron chi connectivity index (χ1n) is 7.01. The Morgan fingerprint density at radius 1 is 1.10 bits per heavy atom. The smallest absolute Gasteiger partial charge is 0.321 e. The number of nitrogens with one attached hydrogen (secondary N) is 2. The van der Waals surface area contributed by atoms with E-state index in [0.717, 1.165) is 23.4 Å². The Morgan fingerprint density at radius 3 is 2.52 bits per heavy atom. The van der Waals surface area contributed by atoms with Gasteiger partial charge in [0.1, 0.15) is 5.75 Å². The Labute approximate surface area is 125 Å². The molecule has 4 heteroatoms. The van der Waals surface area contributed by atoms with Crippen molar-refractivity contribution in [3.8, 4) is 5.75 Å². The van der Waals surface area contributed by atoms with Crippen LogP contribution in [0.25, 0.3) is 0 Å². The molecule has 110 valence electrons. The standard InChI is InChI=1S/C17H20N2O2/c1-3-14-6-4-5-7-16(14)19-17(20)18-12-21-15-10-8-13(2)9-11-15/h4-11H,3,12H2,1-2H3,(H2,18,19,20). The first-order valence-corrected chi connectivity index (χ1v) is 7.01. The van der Waals surface area contributed by atoms with E-state index in [0.29, 0.717) is 0 Å². The molecule has 0 spiro atoms. The number of benzene rings is 2. The van der Waals surface area contributed by atoms with Gasteiger partial charge in [-0.25, -0.2) is 4.79 Å². The minimum absolute atomic E-state index is 0.128. The van der Waals surface area contributed by atoms with E-state index in [2.05, 4.69) is 17.6 Å². The van der Waals surface area contributed by atoms with Crippen molar-refractivity contribution in [3.05, 3.63) is 59.7 Å². The Hall–Kier alpha value is -2.49. The summed E-state index contributed by atoms with van der Waals surface area (Å²) in [5.41, 5.74) is 3.10. The molecule has 2 aromatic carbocycles. The molecule has 2 amide bonds. The van der Waals surface area contributed by atoms with Crippen LogP contribution in [0.3, 0.4) is 0 Å². The predicted molar refractivity (Wildman–Crippen MR) is 84.6 cm³/mol. The van der Waals surface area contributed by atoms with Crippen LogP contribution in [-0.4, -0.2) is 12.8 Å². The van der Waals surface area contributed by atoms with Gasteiger partial charge in [-0.3, -0.25) is 0 Å². The molecule has 0 saturated carbocycles. The van der Waals surface area contributed by atoms with Gasteiger partial charge in [-0.2, -0.15) is 0 Å². The van der Waals surface area contributed by atoms with Crippen molar-refractivity contribution in [1.29, 1.82) is 0 Å². The first-order chi connectivity index (χ1) is 10.2. The molecular weight excluding hydrogens is 264 g/mol. The van der Waals surface area contributed by atoms with Crippen LogP contribution in [0, 0.1) is 6.92 Å². The van der Waals surface area contributed by atoms with Gasteiger partial charge in [0.25, 0.3) is 0 Å². The fraction of sp³-hybridized carbons (Fsp3) is 0.235. The second kappa shape index (κ2) is 7.33. The Balaban J connectivity index is 1.81.